The van der Waals surface area contributed by atoms with Crippen LogP contribution in [0.5, 0.6) is 5.75 Å². The minimum atomic E-state index is -0.616. The fourth-order valence-electron chi connectivity index (χ4n) is 3.48. The second-order valence-electron chi connectivity index (χ2n) is 6.62. The van der Waals surface area contributed by atoms with Gasteiger partial charge in [0.25, 0.3) is 0 Å². The number of furan rings is 1. The monoisotopic (exact) mass is 387 g/mol. The molecule has 7 heteroatoms. The highest BCUT2D eigenvalue weighted by molar-refractivity contribution is 5.88. The summed E-state index contributed by atoms with van der Waals surface area (Å²) in [6, 6.07) is 22.0. The average Bonchev–Trinajstić information content (AvgIpc) is 3.47. The van der Waals surface area contributed by atoms with Gasteiger partial charge in [0.2, 0.25) is 5.82 Å². The maximum Gasteiger partial charge on any atom is 0.439 e. The van der Waals surface area contributed by atoms with Crippen LogP contribution in [0, 0.1) is 0 Å². The summed E-state index contributed by atoms with van der Waals surface area (Å²) in [6.45, 7) is 0.516. The van der Waals surface area contributed by atoms with Gasteiger partial charge in [-0.25, -0.2) is 4.79 Å². The van der Waals surface area contributed by atoms with Gasteiger partial charge >= 0.3 is 5.76 Å². The van der Waals surface area contributed by atoms with Crippen LogP contribution in [0.1, 0.15) is 5.76 Å². The predicted octanol–water partition coefficient (Wildman–Crippen LogP) is 4.30. The van der Waals surface area contributed by atoms with Crippen molar-refractivity contribution in [2.75, 3.05) is 7.11 Å². The van der Waals surface area contributed by atoms with Gasteiger partial charge in [0.05, 0.1) is 13.7 Å². The highest BCUT2D eigenvalue weighted by Crippen LogP contribution is 2.32. The van der Waals surface area contributed by atoms with Gasteiger partial charge in [-0.05, 0) is 42.0 Å². The van der Waals surface area contributed by atoms with Crippen LogP contribution >= 0.6 is 0 Å². The molecular weight excluding hydrogens is 370 g/mol. The van der Waals surface area contributed by atoms with Crippen LogP contribution in [0.2, 0.25) is 0 Å². The molecule has 0 aliphatic rings. The molecule has 0 bridgehead atoms. The second-order valence-corrected chi connectivity index (χ2v) is 6.62. The standard InChI is InChI=1S/C22H17N3O4/c1-27-16-7-9-18-15(11-16)12-19(14-5-3-2-4-6-14)25(18)13-17-8-10-20(28-17)21-23-22(26)29-24-21/h2-12H,13H2,1H3,(H,23,24,26). The number of H-pyrrole nitrogens is 1. The van der Waals surface area contributed by atoms with Crippen LogP contribution in [-0.4, -0.2) is 21.8 Å². The third-order valence-electron chi connectivity index (χ3n) is 4.83. The van der Waals surface area contributed by atoms with Crippen molar-refractivity contribution in [2.45, 2.75) is 6.54 Å². The SMILES string of the molecule is COc1ccc2c(c1)cc(-c1ccccc1)n2Cc1ccc(-c2noc(=O)[nH]2)o1. The van der Waals surface area contributed by atoms with Gasteiger partial charge < -0.3 is 13.7 Å². The second kappa shape index (κ2) is 6.87. The Bertz CT molecular complexity index is 1340. The quantitative estimate of drug-likeness (QED) is 0.486. The van der Waals surface area contributed by atoms with E-state index in [1.807, 2.05) is 42.5 Å². The maximum absolute atomic E-state index is 11.2. The molecule has 5 rings (SSSR count). The lowest BCUT2D eigenvalue weighted by Gasteiger charge is -2.10. The van der Waals surface area contributed by atoms with E-state index < -0.39 is 5.76 Å². The Balaban J connectivity index is 1.60. The molecule has 0 atom stereocenters. The van der Waals surface area contributed by atoms with Gasteiger partial charge in [-0.1, -0.05) is 35.5 Å². The summed E-state index contributed by atoms with van der Waals surface area (Å²) in [5.74, 6) is 1.64. The first-order valence-electron chi connectivity index (χ1n) is 9.09. The number of rotatable bonds is 5. The van der Waals surface area contributed by atoms with E-state index in [1.54, 1.807) is 13.2 Å². The third-order valence-corrected chi connectivity index (χ3v) is 4.83. The summed E-state index contributed by atoms with van der Waals surface area (Å²) in [7, 11) is 1.66. The Morgan fingerprint density at radius 2 is 1.93 bits per heavy atom. The number of aromatic amines is 1. The summed E-state index contributed by atoms with van der Waals surface area (Å²) in [5, 5.41) is 4.75. The lowest BCUT2D eigenvalue weighted by molar-refractivity contribution is 0.386. The first-order chi connectivity index (χ1) is 14.2. The molecule has 0 saturated heterocycles. The number of methoxy groups -OCH3 is 1. The lowest BCUT2D eigenvalue weighted by Crippen LogP contribution is -2.00. The Morgan fingerprint density at radius 3 is 2.69 bits per heavy atom. The minimum absolute atomic E-state index is 0.270. The van der Waals surface area contributed by atoms with Crippen molar-refractivity contribution in [2.24, 2.45) is 0 Å². The fourth-order valence-corrected chi connectivity index (χ4v) is 3.48. The average molecular weight is 387 g/mol. The molecule has 1 N–H and O–H groups in total. The van der Waals surface area contributed by atoms with Crippen LogP contribution in [0.4, 0.5) is 0 Å². The van der Waals surface area contributed by atoms with E-state index in [4.69, 9.17) is 9.15 Å². The number of nitrogens with one attached hydrogen (secondary N) is 1. The van der Waals surface area contributed by atoms with Gasteiger partial charge in [0.15, 0.2) is 5.76 Å². The minimum Gasteiger partial charge on any atom is -0.497 e. The highest BCUT2D eigenvalue weighted by Gasteiger charge is 2.15. The van der Waals surface area contributed by atoms with Crippen molar-refractivity contribution < 1.29 is 13.7 Å². The number of aromatic nitrogens is 3. The molecule has 0 amide bonds. The Hall–Kier alpha value is -4.00. The summed E-state index contributed by atoms with van der Waals surface area (Å²) >= 11 is 0. The zero-order valence-corrected chi connectivity index (χ0v) is 15.6. The first-order valence-corrected chi connectivity index (χ1v) is 9.09. The largest absolute Gasteiger partial charge is 0.497 e. The number of fused-ring (bicyclic) bond motifs is 1. The van der Waals surface area contributed by atoms with E-state index in [-0.39, 0.29) is 5.82 Å². The zero-order valence-electron chi connectivity index (χ0n) is 15.6. The summed E-state index contributed by atoms with van der Waals surface area (Å²) in [5.41, 5.74) is 3.24. The molecule has 0 spiro atoms. The maximum atomic E-state index is 11.2. The highest BCUT2D eigenvalue weighted by atomic mass is 16.5. The topological polar surface area (TPSA) is 86.2 Å². The zero-order chi connectivity index (χ0) is 19.8. The molecule has 2 aromatic carbocycles. The summed E-state index contributed by atoms with van der Waals surface area (Å²) in [6.07, 6.45) is 0. The molecule has 3 heterocycles. The molecule has 0 radical (unpaired) electrons. The lowest BCUT2D eigenvalue weighted by atomic mass is 10.1. The van der Waals surface area contributed by atoms with Gasteiger partial charge in [0, 0.05) is 16.6 Å². The third kappa shape index (κ3) is 3.12. The normalized spacial score (nSPS) is 11.2. The van der Waals surface area contributed by atoms with E-state index >= 15 is 0 Å². The molecule has 7 nitrogen and oxygen atoms in total. The molecule has 0 fully saturated rings. The Labute approximate surface area is 165 Å². The number of hydrogen-bond acceptors (Lipinski definition) is 5. The Morgan fingerprint density at radius 1 is 1.07 bits per heavy atom. The molecule has 144 valence electrons. The smallest absolute Gasteiger partial charge is 0.439 e. The molecule has 0 aliphatic carbocycles. The van der Waals surface area contributed by atoms with Crippen LogP contribution in [-0.2, 0) is 6.54 Å². The number of nitrogens with zero attached hydrogens (tertiary/aromatic N) is 2. The molecule has 0 saturated carbocycles. The van der Waals surface area contributed by atoms with E-state index in [0.29, 0.717) is 12.3 Å². The van der Waals surface area contributed by atoms with E-state index in [2.05, 4.69) is 37.4 Å². The van der Waals surface area contributed by atoms with E-state index in [9.17, 15) is 4.79 Å². The van der Waals surface area contributed by atoms with Crippen molar-refractivity contribution in [3.8, 4) is 28.6 Å². The molecule has 0 aliphatic heterocycles. The van der Waals surface area contributed by atoms with E-state index in [1.165, 1.54) is 0 Å². The predicted molar refractivity (Wildman–Crippen MR) is 108 cm³/mol. The summed E-state index contributed by atoms with van der Waals surface area (Å²) in [4.78, 5) is 13.7. The molecule has 3 aromatic heterocycles. The van der Waals surface area contributed by atoms with E-state index in [0.717, 1.165) is 33.7 Å². The van der Waals surface area contributed by atoms with Crippen LogP contribution in [0.3, 0.4) is 0 Å². The van der Waals surface area contributed by atoms with Crippen molar-refractivity contribution in [1.29, 1.82) is 0 Å². The van der Waals surface area contributed by atoms with Gasteiger partial charge in [-0.3, -0.25) is 9.51 Å². The van der Waals surface area contributed by atoms with Crippen LogP contribution in [0.15, 0.2) is 80.5 Å². The molecule has 29 heavy (non-hydrogen) atoms. The van der Waals surface area contributed by atoms with Gasteiger partial charge in [-0.2, -0.15) is 0 Å². The number of ether oxygens (including phenoxy) is 1. The van der Waals surface area contributed by atoms with Crippen molar-refractivity contribution in [1.82, 2.24) is 14.7 Å². The van der Waals surface area contributed by atoms with Crippen LogP contribution in [0.25, 0.3) is 33.7 Å². The van der Waals surface area contributed by atoms with Crippen molar-refractivity contribution in [3.05, 3.63) is 83.0 Å². The van der Waals surface area contributed by atoms with Gasteiger partial charge in [-0.15, -0.1) is 0 Å². The molecular formula is C22H17N3O4. The number of hydrogen-bond donors (Lipinski definition) is 1. The molecule has 0 unspecified atom stereocenters. The van der Waals surface area contributed by atoms with Crippen molar-refractivity contribution >= 4 is 10.9 Å². The first kappa shape index (κ1) is 17.1. The van der Waals surface area contributed by atoms with Gasteiger partial charge in [0.1, 0.15) is 11.5 Å². The fraction of sp³-hybridized carbons (Fsp3) is 0.0909. The molecule has 5 aromatic rings. The Kier molecular flexibility index (Phi) is 4.05. The van der Waals surface area contributed by atoms with Crippen LogP contribution < -0.4 is 10.5 Å². The number of benzene rings is 2. The summed E-state index contributed by atoms with van der Waals surface area (Å²) < 4.78 is 18.0. The van der Waals surface area contributed by atoms with Crippen molar-refractivity contribution in [3.63, 3.8) is 0 Å².